The Morgan fingerprint density at radius 1 is 1.33 bits per heavy atom. The van der Waals surface area contributed by atoms with E-state index < -0.39 is 0 Å². The normalized spacial score (nSPS) is 10.7. The van der Waals surface area contributed by atoms with Gasteiger partial charge in [-0.1, -0.05) is 11.6 Å². The molecule has 2 heterocycles. The first kappa shape index (κ1) is 11.5. The molecule has 0 N–H and O–H groups in total. The second kappa shape index (κ2) is 4.49. The van der Waals surface area contributed by atoms with Gasteiger partial charge in [0.1, 0.15) is 5.15 Å². The fraction of sp³-hybridized carbons (Fsp3) is 0.111. The third-order valence-corrected chi connectivity index (χ3v) is 5.01. The highest BCUT2D eigenvalue weighted by molar-refractivity contribution is 9.10. The SMILES string of the molecule is Cc1sc(-c2ncc(Br)c(Cl)n2)cc1Br. The van der Waals surface area contributed by atoms with Crippen LogP contribution in [-0.4, -0.2) is 9.97 Å². The van der Waals surface area contributed by atoms with Crippen molar-refractivity contribution in [3.63, 3.8) is 0 Å². The summed E-state index contributed by atoms with van der Waals surface area (Å²) < 4.78 is 1.78. The van der Waals surface area contributed by atoms with Crippen molar-refractivity contribution in [2.24, 2.45) is 0 Å². The van der Waals surface area contributed by atoms with Crippen LogP contribution in [-0.2, 0) is 0 Å². The van der Waals surface area contributed by atoms with Crippen LogP contribution >= 0.6 is 54.8 Å². The van der Waals surface area contributed by atoms with Crippen molar-refractivity contribution in [3.05, 3.63) is 31.2 Å². The van der Waals surface area contributed by atoms with Gasteiger partial charge in [0.15, 0.2) is 5.82 Å². The van der Waals surface area contributed by atoms with Gasteiger partial charge in [-0.15, -0.1) is 11.3 Å². The molecule has 0 spiro atoms. The first-order valence-electron chi connectivity index (χ1n) is 4.02. The highest BCUT2D eigenvalue weighted by Gasteiger charge is 2.09. The molecule has 0 aliphatic rings. The lowest BCUT2D eigenvalue weighted by molar-refractivity contribution is 1.17. The molecule has 2 aromatic heterocycles. The van der Waals surface area contributed by atoms with Crippen molar-refractivity contribution in [2.75, 3.05) is 0 Å². The van der Waals surface area contributed by atoms with Crippen LogP contribution in [0, 0.1) is 6.92 Å². The molecule has 0 saturated carbocycles. The second-order valence-electron chi connectivity index (χ2n) is 2.85. The molecular weight excluding hydrogens is 363 g/mol. The van der Waals surface area contributed by atoms with Crippen LogP contribution in [0.4, 0.5) is 0 Å². The first-order valence-corrected chi connectivity index (χ1v) is 6.80. The summed E-state index contributed by atoms with van der Waals surface area (Å²) in [6, 6.07) is 2.00. The number of halogens is 3. The molecule has 0 radical (unpaired) electrons. The van der Waals surface area contributed by atoms with Crippen molar-refractivity contribution in [3.8, 4) is 10.7 Å². The summed E-state index contributed by atoms with van der Waals surface area (Å²) >= 11 is 14.3. The Kier molecular flexibility index (Phi) is 3.45. The van der Waals surface area contributed by atoms with Gasteiger partial charge < -0.3 is 0 Å². The minimum absolute atomic E-state index is 0.433. The van der Waals surface area contributed by atoms with Crippen molar-refractivity contribution in [1.82, 2.24) is 9.97 Å². The quantitative estimate of drug-likeness (QED) is 0.683. The number of aryl methyl sites for hydroxylation is 1. The topological polar surface area (TPSA) is 25.8 Å². The van der Waals surface area contributed by atoms with Crippen LogP contribution in [0.25, 0.3) is 10.7 Å². The molecule has 2 rings (SSSR count). The number of aromatic nitrogens is 2. The first-order chi connectivity index (χ1) is 7.08. The molecule has 0 atom stereocenters. The van der Waals surface area contributed by atoms with Gasteiger partial charge in [0, 0.05) is 15.5 Å². The molecule has 0 bridgehead atoms. The summed E-state index contributed by atoms with van der Waals surface area (Å²) in [5.74, 6) is 0.655. The van der Waals surface area contributed by atoms with E-state index in [9.17, 15) is 0 Å². The Morgan fingerprint density at radius 2 is 2.07 bits per heavy atom. The Balaban J connectivity index is 2.49. The number of nitrogens with zero attached hydrogens (tertiary/aromatic N) is 2. The molecular formula is C9H5Br2ClN2S. The third-order valence-electron chi connectivity index (χ3n) is 1.78. The molecule has 0 amide bonds. The Hall–Kier alpha value is 0.0300. The summed E-state index contributed by atoms with van der Waals surface area (Å²) in [7, 11) is 0. The summed E-state index contributed by atoms with van der Waals surface area (Å²) in [4.78, 5) is 10.6. The van der Waals surface area contributed by atoms with Gasteiger partial charge in [0.05, 0.1) is 9.35 Å². The molecule has 0 unspecified atom stereocenters. The maximum Gasteiger partial charge on any atom is 0.171 e. The van der Waals surface area contributed by atoms with E-state index in [2.05, 4.69) is 41.8 Å². The highest BCUT2D eigenvalue weighted by atomic mass is 79.9. The van der Waals surface area contributed by atoms with E-state index in [4.69, 9.17) is 11.6 Å². The predicted molar refractivity (Wildman–Crippen MR) is 70.5 cm³/mol. The molecule has 0 aromatic carbocycles. The predicted octanol–water partition coefficient (Wildman–Crippen LogP) is 4.69. The van der Waals surface area contributed by atoms with E-state index in [0.29, 0.717) is 15.5 Å². The van der Waals surface area contributed by atoms with E-state index >= 15 is 0 Å². The van der Waals surface area contributed by atoms with Crippen molar-refractivity contribution < 1.29 is 0 Å². The van der Waals surface area contributed by atoms with Crippen molar-refractivity contribution in [1.29, 1.82) is 0 Å². The van der Waals surface area contributed by atoms with Gasteiger partial charge in [-0.3, -0.25) is 0 Å². The highest BCUT2D eigenvalue weighted by Crippen LogP contribution is 2.33. The second-order valence-corrected chi connectivity index (χ2v) is 6.17. The summed E-state index contributed by atoms with van der Waals surface area (Å²) in [5.41, 5.74) is 0. The van der Waals surface area contributed by atoms with Crippen LogP contribution in [0.3, 0.4) is 0 Å². The molecule has 0 fully saturated rings. The van der Waals surface area contributed by atoms with Crippen molar-refractivity contribution in [2.45, 2.75) is 6.92 Å². The van der Waals surface area contributed by atoms with Crippen LogP contribution in [0.2, 0.25) is 5.15 Å². The lowest BCUT2D eigenvalue weighted by atomic mass is 10.4. The number of hydrogen-bond acceptors (Lipinski definition) is 3. The maximum atomic E-state index is 5.91. The fourth-order valence-corrected chi connectivity index (χ4v) is 2.83. The van der Waals surface area contributed by atoms with E-state index in [1.54, 1.807) is 17.5 Å². The number of thiophene rings is 1. The van der Waals surface area contributed by atoms with Crippen LogP contribution < -0.4 is 0 Å². The molecule has 0 aliphatic heterocycles. The lowest BCUT2D eigenvalue weighted by Crippen LogP contribution is -1.87. The molecule has 2 nitrogen and oxygen atoms in total. The monoisotopic (exact) mass is 366 g/mol. The zero-order chi connectivity index (χ0) is 11.0. The summed E-state index contributed by atoms with van der Waals surface area (Å²) in [5, 5.41) is 0.433. The standard InChI is InChI=1S/C9H5Br2ClN2S/c1-4-5(10)2-7(15-4)9-13-3-6(11)8(12)14-9/h2-3H,1H3. The van der Waals surface area contributed by atoms with Gasteiger partial charge in [-0.05, 0) is 44.8 Å². The van der Waals surface area contributed by atoms with Crippen LogP contribution in [0.15, 0.2) is 21.2 Å². The zero-order valence-corrected chi connectivity index (χ0v) is 12.3. The smallest absolute Gasteiger partial charge is 0.171 e. The Morgan fingerprint density at radius 3 is 2.60 bits per heavy atom. The Bertz CT molecular complexity index is 493. The van der Waals surface area contributed by atoms with Crippen LogP contribution in [0.1, 0.15) is 4.88 Å². The van der Waals surface area contributed by atoms with Gasteiger partial charge >= 0.3 is 0 Å². The molecule has 2 aromatic rings. The van der Waals surface area contributed by atoms with Gasteiger partial charge in [-0.2, -0.15) is 0 Å². The summed E-state index contributed by atoms with van der Waals surface area (Å²) in [6.45, 7) is 2.04. The van der Waals surface area contributed by atoms with Gasteiger partial charge in [-0.25, -0.2) is 9.97 Å². The molecule has 15 heavy (non-hydrogen) atoms. The number of hydrogen-bond donors (Lipinski definition) is 0. The molecule has 0 aliphatic carbocycles. The molecule has 6 heteroatoms. The van der Waals surface area contributed by atoms with E-state index in [0.717, 1.165) is 9.35 Å². The zero-order valence-electron chi connectivity index (χ0n) is 7.59. The average Bonchev–Trinajstić information content (AvgIpc) is 2.52. The van der Waals surface area contributed by atoms with Gasteiger partial charge in [0.25, 0.3) is 0 Å². The Labute approximate surface area is 113 Å². The minimum Gasteiger partial charge on any atom is -0.235 e. The molecule has 0 saturated heterocycles. The van der Waals surface area contributed by atoms with Crippen molar-refractivity contribution >= 4 is 54.8 Å². The van der Waals surface area contributed by atoms with Gasteiger partial charge in [0.2, 0.25) is 0 Å². The number of rotatable bonds is 1. The average molecular weight is 368 g/mol. The summed E-state index contributed by atoms with van der Waals surface area (Å²) in [6.07, 6.45) is 1.66. The molecule has 78 valence electrons. The third kappa shape index (κ3) is 2.41. The van der Waals surface area contributed by atoms with E-state index in [-0.39, 0.29) is 0 Å². The fourth-order valence-electron chi connectivity index (χ4n) is 1.04. The largest absolute Gasteiger partial charge is 0.235 e. The van der Waals surface area contributed by atoms with Crippen LogP contribution in [0.5, 0.6) is 0 Å². The van der Waals surface area contributed by atoms with E-state index in [1.807, 2.05) is 13.0 Å². The van der Waals surface area contributed by atoms with E-state index in [1.165, 1.54) is 4.88 Å². The lowest BCUT2D eigenvalue weighted by Gasteiger charge is -1.97. The maximum absolute atomic E-state index is 5.91. The minimum atomic E-state index is 0.433.